The van der Waals surface area contributed by atoms with Gasteiger partial charge in [-0.05, 0) is 11.6 Å². The minimum atomic E-state index is -0.0497. The van der Waals surface area contributed by atoms with Crippen LogP contribution in [0, 0.1) is 0 Å². The summed E-state index contributed by atoms with van der Waals surface area (Å²) < 4.78 is 0. The molecule has 0 spiro atoms. The minimum Gasteiger partial charge on any atom is -0.360 e. The van der Waals surface area contributed by atoms with Crippen molar-refractivity contribution in [2.75, 3.05) is 5.32 Å². The molecule has 3 aromatic carbocycles. The van der Waals surface area contributed by atoms with Gasteiger partial charge < -0.3 is 5.32 Å². The molecule has 0 saturated carbocycles. The number of halogens is 1. The molecule has 3 aromatic rings. The molecule has 0 aromatic heterocycles. The van der Waals surface area contributed by atoms with Crippen LogP contribution in [0.5, 0.6) is 0 Å². The van der Waals surface area contributed by atoms with Gasteiger partial charge in [-0.1, -0.05) is 78.9 Å². The first-order chi connectivity index (χ1) is 10.9. The van der Waals surface area contributed by atoms with Gasteiger partial charge in [-0.2, -0.15) is 0 Å². The van der Waals surface area contributed by atoms with E-state index in [0.29, 0.717) is 0 Å². The van der Waals surface area contributed by atoms with Gasteiger partial charge in [0.25, 0.3) is 0 Å². The Labute approximate surface area is 142 Å². The molecular formula is C20H17ClN2. The monoisotopic (exact) mass is 320 g/mol. The van der Waals surface area contributed by atoms with Crippen LogP contribution in [-0.2, 0) is 0 Å². The van der Waals surface area contributed by atoms with Gasteiger partial charge in [0.15, 0.2) is 0 Å². The van der Waals surface area contributed by atoms with Gasteiger partial charge in [0.1, 0.15) is 6.17 Å². The highest BCUT2D eigenvalue weighted by Gasteiger charge is 2.21. The van der Waals surface area contributed by atoms with E-state index in [0.717, 1.165) is 22.5 Å². The summed E-state index contributed by atoms with van der Waals surface area (Å²) in [6.45, 7) is 0. The predicted molar refractivity (Wildman–Crippen MR) is 98.6 cm³/mol. The van der Waals surface area contributed by atoms with E-state index in [-0.39, 0.29) is 18.6 Å². The van der Waals surface area contributed by atoms with Crippen molar-refractivity contribution >= 4 is 23.8 Å². The SMILES string of the molecule is Cl.c1ccc(C2=NC(c3ccccc3)Nc3ccccc32)cc1. The van der Waals surface area contributed by atoms with E-state index < -0.39 is 0 Å². The van der Waals surface area contributed by atoms with Crippen molar-refractivity contribution in [3.05, 3.63) is 102 Å². The molecule has 0 aliphatic carbocycles. The number of hydrogen-bond donors (Lipinski definition) is 1. The highest BCUT2D eigenvalue weighted by atomic mass is 35.5. The molecule has 1 N–H and O–H groups in total. The van der Waals surface area contributed by atoms with Gasteiger partial charge in [0, 0.05) is 16.8 Å². The van der Waals surface area contributed by atoms with Crippen LogP contribution >= 0.6 is 12.4 Å². The normalized spacial score (nSPS) is 15.7. The van der Waals surface area contributed by atoms with Crippen LogP contribution in [-0.4, -0.2) is 5.71 Å². The van der Waals surface area contributed by atoms with Crippen molar-refractivity contribution in [1.82, 2.24) is 0 Å². The molecule has 23 heavy (non-hydrogen) atoms. The number of nitrogens with one attached hydrogen (secondary N) is 1. The van der Waals surface area contributed by atoms with Crippen LogP contribution in [0.3, 0.4) is 0 Å². The molecule has 0 amide bonds. The number of hydrogen-bond acceptors (Lipinski definition) is 2. The fourth-order valence-corrected chi connectivity index (χ4v) is 2.81. The van der Waals surface area contributed by atoms with Gasteiger partial charge in [-0.25, -0.2) is 0 Å². The van der Waals surface area contributed by atoms with E-state index in [2.05, 4.69) is 78.1 Å². The van der Waals surface area contributed by atoms with Crippen LogP contribution in [0.2, 0.25) is 0 Å². The van der Waals surface area contributed by atoms with Gasteiger partial charge in [0.05, 0.1) is 5.71 Å². The zero-order chi connectivity index (χ0) is 14.8. The molecular weight excluding hydrogens is 304 g/mol. The first-order valence-electron chi connectivity index (χ1n) is 7.46. The largest absolute Gasteiger partial charge is 0.360 e. The van der Waals surface area contributed by atoms with E-state index >= 15 is 0 Å². The van der Waals surface area contributed by atoms with Crippen molar-refractivity contribution < 1.29 is 0 Å². The van der Waals surface area contributed by atoms with E-state index in [4.69, 9.17) is 4.99 Å². The van der Waals surface area contributed by atoms with E-state index in [1.54, 1.807) is 0 Å². The number of rotatable bonds is 2. The highest BCUT2D eigenvalue weighted by molar-refractivity contribution is 6.16. The summed E-state index contributed by atoms with van der Waals surface area (Å²) in [7, 11) is 0. The number of aliphatic imine (C=N–C) groups is 1. The van der Waals surface area contributed by atoms with Crippen molar-refractivity contribution in [3.63, 3.8) is 0 Å². The van der Waals surface area contributed by atoms with Crippen molar-refractivity contribution in [1.29, 1.82) is 0 Å². The number of anilines is 1. The second-order valence-corrected chi connectivity index (χ2v) is 5.35. The number of benzene rings is 3. The van der Waals surface area contributed by atoms with Crippen LogP contribution in [0.4, 0.5) is 5.69 Å². The first kappa shape index (κ1) is 15.3. The van der Waals surface area contributed by atoms with Crippen molar-refractivity contribution in [3.8, 4) is 0 Å². The number of nitrogens with zero attached hydrogens (tertiary/aromatic N) is 1. The average molecular weight is 321 g/mol. The Balaban J connectivity index is 0.00000156. The molecule has 0 fully saturated rings. The Kier molecular flexibility index (Phi) is 4.45. The first-order valence-corrected chi connectivity index (χ1v) is 7.46. The van der Waals surface area contributed by atoms with Gasteiger partial charge in [-0.15, -0.1) is 12.4 Å². The zero-order valence-corrected chi connectivity index (χ0v) is 13.3. The lowest BCUT2D eigenvalue weighted by Gasteiger charge is -2.26. The molecule has 114 valence electrons. The van der Waals surface area contributed by atoms with Gasteiger partial charge in [0.2, 0.25) is 0 Å². The lowest BCUT2D eigenvalue weighted by Crippen LogP contribution is -2.20. The van der Waals surface area contributed by atoms with E-state index in [1.165, 1.54) is 5.56 Å². The topological polar surface area (TPSA) is 24.4 Å². The smallest absolute Gasteiger partial charge is 0.145 e. The Bertz CT molecular complexity index is 813. The maximum absolute atomic E-state index is 4.97. The lowest BCUT2D eigenvalue weighted by atomic mass is 9.97. The van der Waals surface area contributed by atoms with Crippen LogP contribution in [0.1, 0.15) is 22.9 Å². The molecule has 0 saturated heterocycles. The van der Waals surface area contributed by atoms with Crippen LogP contribution in [0.15, 0.2) is 89.9 Å². The summed E-state index contributed by atoms with van der Waals surface area (Å²) in [5.41, 5.74) is 5.65. The summed E-state index contributed by atoms with van der Waals surface area (Å²) >= 11 is 0. The summed E-state index contributed by atoms with van der Waals surface area (Å²) in [5, 5.41) is 3.53. The Morgan fingerprint density at radius 3 is 2.04 bits per heavy atom. The van der Waals surface area contributed by atoms with Crippen molar-refractivity contribution in [2.24, 2.45) is 4.99 Å². The molecule has 2 nitrogen and oxygen atoms in total. The molecule has 1 atom stereocenters. The van der Waals surface area contributed by atoms with E-state index in [9.17, 15) is 0 Å². The third-order valence-corrected chi connectivity index (χ3v) is 3.90. The van der Waals surface area contributed by atoms with E-state index in [1.807, 2.05) is 12.1 Å². The second-order valence-electron chi connectivity index (χ2n) is 5.35. The molecule has 4 rings (SSSR count). The quantitative estimate of drug-likeness (QED) is 0.700. The summed E-state index contributed by atoms with van der Waals surface area (Å²) in [6.07, 6.45) is -0.0497. The molecule has 3 heteroatoms. The maximum Gasteiger partial charge on any atom is 0.145 e. The zero-order valence-electron chi connectivity index (χ0n) is 12.5. The third-order valence-electron chi connectivity index (χ3n) is 3.90. The second kappa shape index (κ2) is 6.67. The predicted octanol–water partition coefficient (Wildman–Crippen LogP) is 5.07. The van der Waals surface area contributed by atoms with Crippen molar-refractivity contribution in [2.45, 2.75) is 6.17 Å². The van der Waals surface area contributed by atoms with Gasteiger partial charge in [-0.3, -0.25) is 4.99 Å². The molecule has 1 unspecified atom stereocenters. The summed E-state index contributed by atoms with van der Waals surface area (Å²) in [6, 6.07) is 29.1. The fraction of sp³-hybridized carbons (Fsp3) is 0.0500. The summed E-state index contributed by atoms with van der Waals surface area (Å²) in [5.74, 6) is 0. The fourth-order valence-electron chi connectivity index (χ4n) is 2.81. The molecule has 1 aliphatic rings. The van der Waals surface area contributed by atoms with Crippen LogP contribution < -0.4 is 5.32 Å². The number of fused-ring (bicyclic) bond motifs is 1. The highest BCUT2D eigenvalue weighted by Crippen LogP contribution is 2.31. The maximum atomic E-state index is 4.97. The average Bonchev–Trinajstić information content (AvgIpc) is 2.62. The Hall–Kier alpha value is -2.58. The molecule has 0 bridgehead atoms. The Morgan fingerprint density at radius 2 is 1.30 bits per heavy atom. The molecule has 1 aliphatic heterocycles. The minimum absolute atomic E-state index is 0. The van der Waals surface area contributed by atoms with Crippen LogP contribution in [0.25, 0.3) is 0 Å². The number of para-hydroxylation sites is 1. The third kappa shape index (κ3) is 2.99. The lowest BCUT2D eigenvalue weighted by molar-refractivity contribution is 0.828. The standard InChI is InChI=1S/C20H16N2.ClH/c1-3-9-15(10-4-1)19-17-13-7-8-14-18(17)21-20(22-19)16-11-5-2-6-12-16;/h1-14,20-21H;1H. The Morgan fingerprint density at radius 1 is 0.696 bits per heavy atom. The summed E-state index contributed by atoms with van der Waals surface area (Å²) in [4.78, 5) is 4.97. The molecule has 1 heterocycles. The van der Waals surface area contributed by atoms with Gasteiger partial charge >= 0.3 is 0 Å². The molecule has 0 radical (unpaired) electrons.